The lowest BCUT2D eigenvalue weighted by Gasteiger charge is -2.34. The number of benzene rings is 1. The van der Waals surface area contributed by atoms with Gasteiger partial charge in [0.1, 0.15) is 11.3 Å². The number of methoxy groups -OCH3 is 2. The molecule has 0 heterocycles. The Balaban J connectivity index is 2.14. The van der Waals surface area contributed by atoms with E-state index in [4.69, 9.17) is 9.47 Å². The van der Waals surface area contributed by atoms with Crippen molar-refractivity contribution in [2.45, 2.75) is 44.6 Å². The molecule has 130 valence electrons. The van der Waals surface area contributed by atoms with Crippen LogP contribution in [0.25, 0.3) is 6.08 Å². The lowest BCUT2D eigenvalue weighted by molar-refractivity contribution is -0.152. The molecule has 1 fully saturated rings. The van der Waals surface area contributed by atoms with E-state index >= 15 is 0 Å². The second-order valence-electron chi connectivity index (χ2n) is 6.20. The first-order valence-electron chi connectivity index (χ1n) is 8.24. The van der Waals surface area contributed by atoms with Crippen molar-refractivity contribution in [1.29, 1.82) is 0 Å². The lowest BCUT2D eigenvalue weighted by atomic mass is 9.81. The molecule has 1 saturated carbocycles. The average Bonchev–Trinajstić information content (AvgIpc) is 2.60. The second-order valence-corrected chi connectivity index (χ2v) is 6.20. The van der Waals surface area contributed by atoms with Crippen molar-refractivity contribution in [2.75, 3.05) is 14.2 Å². The number of hydrogen-bond donors (Lipinski definition) is 1. The summed E-state index contributed by atoms with van der Waals surface area (Å²) in [6.07, 6.45) is 7.27. The quantitative estimate of drug-likeness (QED) is 0.665. The van der Waals surface area contributed by atoms with E-state index in [0.717, 1.165) is 30.4 Å². The molecule has 1 N–H and O–H groups in total. The number of aryl methyl sites for hydroxylation is 1. The molecule has 0 aromatic heterocycles. The van der Waals surface area contributed by atoms with Crippen LogP contribution in [0.2, 0.25) is 0 Å². The first kappa shape index (κ1) is 18.0. The Labute approximate surface area is 143 Å². The largest absolute Gasteiger partial charge is 0.496 e. The van der Waals surface area contributed by atoms with Crippen molar-refractivity contribution in [3.8, 4) is 5.75 Å². The van der Waals surface area contributed by atoms with Crippen LogP contribution in [0.1, 0.15) is 43.2 Å². The summed E-state index contributed by atoms with van der Waals surface area (Å²) >= 11 is 0. The molecule has 1 aliphatic carbocycles. The van der Waals surface area contributed by atoms with Gasteiger partial charge in [-0.3, -0.25) is 4.79 Å². The molecule has 1 amide bonds. The van der Waals surface area contributed by atoms with Crippen LogP contribution in [0.15, 0.2) is 24.3 Å². The molecule has 1 aromatic rings. The molecule has 0 bridgehead atoms. The molecule has 2 rings (SSSR count). The van der Waals surface area contributed by atoms with E-state index in [0.29, 0.717) is 18.6 Å². The van der Waals surface area contributed by atoms with Crippen LogP contribution in [0.3, 0.4) is 0 Å². The van der Waals surface area contributed by atoms with E-state index in [9.17, 15) is 9.59 Å². The van der Waals surface area contributed by atoms with Crippen LogP contribution in [-0.2, 0) is 14.3 Å². The van der Waals surface area contributed by atoms with Gasteiger partial charge in [0.05, 0.1) is 14.2 Å². The molecule has 5 heteroatoms. The minimum Gasteiger partial charge on any atom is -0.496 e. The van der Waals surface area contributed by atoms with E-state index < -0.39 is 5.54 Å². The Hall–Kier alpha value is -2.30. The Morgan fingerprint density at radius 1 is 1.17 bits per heavy atom. The zero-order chi connectivity index (χ0) is 17.6. The minimum atomic E-state index is -0.898. The SMILES string of the molecule is COC(=O)C1(NC(=O)/C=C/c2cc(C)ccc2OC)CCCCC1. The molecule has 0 unspecified atom stereocenters. The Kier molecular flexibility index (Phi) is 6.01. The van der Waals surface area contributed by atoms with E-state index in [1.165, 1.54) is 13.2 Å². The third-order valence-corrected chi connectivity index (χ3v) is 4.45. The van der Waals surface area contributed by atoms with E-state index in [1.807, 2.05) is 25.1 Å². The fraction of sp³-hybridized carbons (Fsp3) is 0.474. The Bertz CT molecular complexity index is 630. The van der Waals surface area contributed by atoms with Crippen LogP contribution in [-0.4, -0.2) is 31.6 Å². The smallest absolute Gasteiger partial charge is 0.331 e. The number of rotatable bonds is 5. The maximum atomic E-state index is 12.3. The molecule has 5 nitrogen and oxygen atoms in total. The zero-order valence-electron chi connectivity index (χ0n) is 14.6. The van der Waals surface area contributed by atoms with Crippen LogP contribution >= 0.6 is 0 Å². The van der Waals surface area contributed by atoms with E-state index in [2.05, 4.69) is 5.32 Å². The van der Waals surface area contributed by atoms with Crippen LogP contribution in [0.4, 0.5) is 0 Å². The number of hydrogen-bond acceptors (Lipinski definition) is 4. The van der Waals surface area contributed by atoms with Gasteiger partial charge in [0, 0.05) is 11.6 Å². The van der Waals surface area contributed by atoms with E-state index in [-0.39, 0.29) is 11.9 Å². The average molecular weight is 331 g/mol. The van der Waals surface area contributed by atoms with Crippen molar-refractivity contribution in [1.82, 2.24) is 5.32 Å². The minimum absolute atomic E-state index is 0.300. The lowest BCUT2D eigenvalue weighted by Crippen LogP contribution is -2.55. The number of carbonyl (C=O) groups excluding carboxylic acids is 2. The summed E-state index contributed by atoms with van der Waals surface area (Å²) in [6, 6.07) is 5.76. The third kappa shape index (κ3) is 4.16. The standard InChI is InChI=1S/C19H25NO4/c1-14-7-9-16(23-2)15(13-14)8-10-17(21)20-19(18(22)24-3)11-5-4-6-12-19/h7-10,13H,4-6,11-12H2,1-3H3,(H,20,21)/b10-8+. The van der Waals surface area contributed by atoms with Gasteiger partial charge in [0.25, 0.3) is 0 Å². The van der Waals surface area contributed by atoms with Crippen molar-refractivity contribution in [3.05, 3.63) is 35.4 Å². The maximum absolute atomic E-state index is 12.3. The highest BCUT2D eigenvalue weighted by Crippen LogP contribution is 2.29. The highest BCUT2D eigenvalue weighted by Gasteiger charge is 2.41. The summed E-state index contributed by atoms with van der Waals surface area (Å²) < 4.78 is 10.2. The van der Waals surface area contributed by atoms with Gasteiger partial charge in [-0.25, -0.2) is 4.79 Å². The fourth-order valence-corrected chi connectivity index (χ4v) is 3.16. The summed E-state index contributed by atoms with van der Waals surface area (Å²) in [5, 5.41) is 2.86. The van der Waals surface area contributed by atoms with Gasteiger partial charge in [-0.05, 0) is 38.0 Å². The topological polar surface area (TPSA) is 64.6 Å². The molecule has 1 aliphatic rings. The van der Waals surface area contributed by atoms with Gasteiger partial charge >= 0.3 is 5.97 Å². The van der Waals surface area contributed by atoms with Gasteiger partial charge in [0.2, 0.25) is 5.91 Å². The van der Waals surface area contributed by atoms with Gasteiger partial charge in [0.15, 0.2) is 0 Å². The number of esters is 1. The summed E-state index contributed by atoms with van der Waals surface area (Å²) in [5.74, 6) is 0.0351. The van der Waals surface area contributed by atoms with Gasteiger partial charge in [-0.1, -0.05) is 30.9 Å². The molecule has 0 radical (unpaired) electrons. The molecular formula is C19H25NO4. The van der Waals surface area contributed by atoms with Gasteiger partial charge in [-0.2, -0.15) is 0 Å². The predicted octanol–water partition coefficient (Wildman–Crippen LogP) is 3.01. The fourth-order valence-electron chi connectivity index (χ4n) is 3.16. The van der Waals surface area contributed by atoms with E-state index in [1.54, 1.807) is 13.2 Å². The molecule has 0 saturated heterocycles. The monoisotopic (exact) mass is 331 g/mol. The first-order valence-corrected chi connectivity index (χ1v) is 8.24. The number of nitrogens with one attached hydrogen (secondary N) is 1. The highest BCUT2D eigenvalue weighted by molar-refractivity contribution is 5.96. The Morgan fingerprint density at radius 2 is 1.88 bits per heavy atom. The van der Waals surface area contributed by atoms with Crippen molar-refractivity contribution in [2.24, 2.45) is 0 Å². The molecule has 0 spiro atoms. The number of ether oxygens (including phenoxy) is 2. The third-order valence-electron chi connectivity index (χ3n) is 4.45. The number of amides is 1. The predicted molar refractivity (Wildman–Crippen MR) is 92.7 cm³/mol. The van der Waals surface area contributed by atoms with Crippen LogP contribution in [0.5, 0.6) is 5.75 Å². The normalized spacial score (nSPS) is 16.6. The summed E-state index contributed by atoms with van der Waals surface area (Å²) in [4.78, 5) is 24.5. The number of carbonyl (C=O) groups is 2. The van der Waals surface area contributed by atoms with Crippen LogP contribution < -0.4 is 10.1 Å². The summed E-state index contributed by atoms with van der Waals surface area (Å²) in [7, 11) is 2.95. The Morgan fingerprint density at radius 3 is 2.50 bits per heavy atom. The second kappa shape index (κ2) is 7.99. The maximum Gasteiger partial charge on any atom is 0.331 e. The zero-order valence-corrected chi connectivity index (χ0v) is 14.6. The highest BCUT2D eigenvalue weighted by atomic mass is 16.5. The van der Waals surface area contributed by atoms with Gasteiger partial charge < -0.3 is 14.8 Å². The van der Waals surface area contributed by atoms with Crippen LogP contribution in [0, 0.1) is 6.92 Å². The first-order chi connectivity index (χ1) is 11.5. The molecule has 0 atom stereocenters. The molecule has 0 aliphatic heterocycles. The van der Waals surface area contributed by atoms with Crippen molar-refractivity contribution >= 4 is 18.0 Å². The van der Waals surface area contributed by atoms with Crippen molar-refractivity contribution in [3.63, 3.8) is 0 Å². The summed E-state index contributed by atoms with van der Waals surface area (Å²) in [6.45, 7) is 1.98. The molecule has 1 aromatic carbocycles. The molecular weight excluding hydrogens is 306 g/mol. The summed E-state index contributed by atoms with van der Waals surface area (Å²) in [5.41, 5.74) is 1.00. The molecule has 24 heavy (non-hydrogen) atoms. The van der Waals surface area contributed by atoms with Gasteiger partial charge in [-0.15, -0.1) is 0 Å². The van der Waals surface area contributed by atoms with Crippen molar-refractivity contribution < 1.29 is 19.1 Å².